The van der Waals surface area contributed by atoms with Crippen LogP contribution in [0.25, 0.3) is 4.96 Å². The monoisotopic (exact) mass is 321 g/mol. The summed E-state index contributed by atoms with van der Waals surface area (Å²) in [7, 11) is 0. The molecule has 0 radical (unpaired) electrons. The Morgan fingerprint density at radius 2 is 2.18 bits per heavy atom. The number of rotatable bonds is 3. The van der Waals surface area contributed by atoms with Gasteiger partial charge in [0.2, 0.25) is 0 Å². The van der Waals surface area contributed by atoms with E-state index in [0.717, 1.165) is 18.5 Å². The SMILES string of the molecule is CCc1csc2ncc(C(=O)NC3CCC(O)CC3)c(=O)n12. The van der Waals surface area contributed by atoms with Gasteiger partial charge in [0.15, 0.2) is 4.96 Å². The molecule has 0 bridgehead atoms. The number of fused-ring (bicyclic) bond motifs is 1. The molecule has 118 valence electrons. The molecule has 1 aliphatic carbocycles. The summed E-state index contributed by atoms with van der Waals surface area (Å²) in [4.78, 5) is 29.7. The minimum absolute atomic E-state index is 0.0177. The summed E-state index contributed by atoms with van der Waals surface area (Å²) >= 11 is 1.40. The Hall–Kier alpha value is -1.73. The molecule has 1 aliphatic rings. The van der Waals surface area contributed by atoms with Gasteiger partial charge < -0.3 is 10.4 Å². The van der Waals surface area contributed by atoms with Crippen molar-refractivity contribution in [3.8, 4) is 0 Å². The maximum Gasteiger partial charge on any atom is 0.271 e. The molecule has 1 amide bonds. The van der Waals surface area contributed by atoms with Crippen LogP contribution in [0.15, 0.2) is 16.4 Å². The molecule has 0 atom stereocenters. The molecule has 1 fully saturated rings. The largest absolute Gasteiger partial charge is 0.393 e. The van der Waals surface area contributed by atoms with E-state index in [0.29, 0.717) is 24.2 Å². The lowest BCUT2D eigenvalue weighted by Crippen LogP contribution is -2.41. The number of nitrogens with one attached hydrogen (secondary N) is 1. The van der Waals surface area contributed by atoms with Gasteiger partial charge in [-0.2, -0.15) is 0 Å². The van der Waals surface area contributed by atoms with Crippen molar-refractivity contribution in [2.45, 2.75) is 51.2 Å². The summed E-state index contributed by atoms with van der Waals surface area (Å²) in [5.41, 5.74) is 0.640. The third-order valence-electron chi connectivity index (χ3n) is 4.16. The molecular weight excluding hydrogens is 302 g/mol. The number of carbonyl (C=O) groups excluding carboxylic acids is 1. The van der Waals surface area contributed by atoms with Crippen LogP contribution in [0.2, 0.25) is 0 Å². The summed E-state index contributed by atoms with van der Waals surface area (Å²) < 4.78 is 1.52. The first kappa shape index (κ1) is 15.2. The maximum atomic E-state index is 12.5. The molecule has 2 N–H and O–H groups in total. The van der Waals surface area contributed by atoms with Crippen LogP contribution in [0.3, 0.4) is 0 Å². The molecule has 2 heterocycles. The zero-order chi connectivity index (χ0) is 15.7. The summed E-state index contributed by atoms with van der Waals surface area (Å²) in [6.07, 6.45) is 4.66. The molecular formula is C15H19N3O3S. The molecule has 6 nitrogen and oxygen atoms in total. The van der Waals surface area contributed by atoms with Crippen LogP contribution in [0, 0.1) is 0 Å². The second kappa shape index (κ2) is 6.18. The van der Waals surface area contributed by atoms with Crippen molar-refractivity contribution in [2.24, 2.45) is 0 Å². The number of aliphatic hydroxyl groups excluding tert-OH is 1. The van der Waals surface area contributed by atoms with Gasteiger partial charge in [-0.05, 0) is 32.1 Å². The highest BCUT2D eigenvalue weighted by Gasteiger charge is 2.23. The lowest BCUT2D eigenvalue weighted by molar-refractivity contribution is 0.0866. The number of hydrogen-bond donors (Lipinski definition) is 2. The minimum atomic E-state index is -0.374. The molecule has 0 unspecified atom stereocenters. The lowest BCUT2D eigenvalue weighted by atomic mass is 9.93. The first-order valence-corrected chi connectivity index (χ1v) is 8.45. The van der Waals surface area contributed by atoms with E-state index >= 15 is 0 Å². The van der Waals surface area contributed by atoms with Crippen LogP contribution < -0.4 is 10.9 Å². The topological polar surface area (TPSA) is 83.7 Å². The number of hydrogen-bond acceptors (Lipinski definition) is 5. The highest BCUT2D eigenvalue weighted by molar-refractivity contribution is 7.15. The predicted octanol–water partition coefficient (Wildman–Crippen LogP) is 1.35. The van der Waals surface area contributed by atoms with E-state index in [1.165, 1.54) is 21.9 Å². The molecule has 1 saturated carbocycles. The zero-order valence-corrected chi connectivity index (χ0v) is 13.2. The van der Waals surface area contributed by atoms with Crippen LogP contribution in [0.1, 0.15) is 48.7 Å². The summed E-state index contributed by atoms with van der Waals surface area (Å²) in [5.74, 6) is -0.374. The third-order valence-corrected chi connectivity index (χ3v) is 5.04. The summed E-state index contributed by atoms with van der Waals surface area (Å²) in [6, 6.07) is 0.0177. The van der Waals surface area contributed by atoms with Gasteiger partial charge in [0.25, 0.3) is 11.5 Å². The van der Waals surface area contributed by atoms with Crippen molar-refractivity contribution in [1.82, 2.24) is 14.7 Å². The van der Waals surface area contributed by atoms with Crippen molar-refractivity contribution >= 4 is 22.2 Å². The van der Waals surface area contributed by atoms with E-state index in [9.17, 15) is 14.7 Å². The van der Waals surface area contributed by atoms with E-state index in [1.54, 1.807) is 0 Å². The first-order valence-electron chi connectivity index (χ1n) is 7.57. The summed E-state index contributed by atoms with van der Waals surface area (Å²) in [6.45, 7) is 1.97. The number of amides is 1. The Morgan fingerprint density at radius 1 is 1.45 bits per heavy atom. The Bertz CT molecular complexity index is 744. The second-order valence-electron chi connectivity index (χ2n) is 5.65. The number of aliphatic hydroxyl groups is 1. The molecule has 2 aromatic rings. The Labute approximate surface area is 131 Å². The number of thiazole rings is 1. The molecule has 0 saturated heterocycles. The van der Waals surface area contributed by atoms with Gasteiger partial charge in [-0.25, -0.2) is 4.98 Å². The van der Waals surface area contributed by atoms with E-state index < -0.39 is 0 Å². The Kier molecular flexibility index (Phi) is 4.26. The fraction of sp³-hybridized carbons (Fsp3) is 0.533. The van der Waals surface area contributed by atoms with Gasteiger partial charge in [-0.1, -0.05) is 6.92 Å². The highest BCUT2D eigenvalue weighted by atomic mass is 32.1. The fourth-order valence-corrected chi connectivity index (χ4v) is 3.76. The van der Waals surface area contributed by atoms with Gasteiger partial charge in [0.1, 0.15) is 5.56 Å². The van der Waals surface area contributed by atoms with Crippen LogP contribution >= 0.6 is 11.3 Å². The highest BCUT2D eigenvalue weighted by Crippen LogP contribution is 2.18. The summed E-state index contributed by atoms with van der Waals surface area (Å²) in [5, 5.41) is 14.3. The molecule has 7 heteroatoms. The minimum Gasteiger partial charge on any atom is -0.393 e. The normalized spacial score (nSPS) is 21.9. The second-order valence-corrected chi connectivity index (χ2v) is 6.49. The van der Waals surface area contributed by atoms with E-state index in [4.69, 9.17) is 0 Å². The van der Waals surface area contributed by atoms with E-state index in [-0.39, 0.29) is 29.2 Å². The molecule has 0 aliphatic heterocycles. The van der Waals surface area contributed by atoms with Crippen LogP contribution in [-0.4, -0.2) is 32.5 Å². The number of aryl methyl sites for hydroxylation is 1. The zero-order valence-electron chi connectivity index (χ0n) is 12.4. The van der Waals surface area contributed by atoms with Crippen molar-refractivity contribution in [3.05, 3.63) is 33.2 Å². The van der Waals surface area contributed by atoms with Crippen molar-refractivity contribution in [3.63, 3.8) is 0 Å². The first-order chi connectivity index (χ1) is 10.6. The van der Waals surface area contributed by atoms with Gasteiger partial charge in [0.05, 0.1) is 6.10 Å². The van der Waals surface area contributed by atoms with Crippen molar-refractivity contribution in [2.75, 3.05) is 0 Å². The number of aromatic nitrogens is 2. The number of nitrogens with zero attached hydrogens (tertiary/aromatic N) is 2. The standard InChI is InChI=1S/C15H19N3O3S/c1-2-10-8-22-15-16-7-12(14(21)18(10)15)13(20)17-9-3-5-11(19)6-4-9/h7-9,11,19H,2-6H2,1H3,(H,17,20). The van der Waals surface area contributed by atoms with Gasteiger partial charge in [-0.3, -0.25) is 14.0 Å². The molecule has 2 aromatic heterocycles. The van der Waals surface area contributed by atoms with Crippen molar-refractivity contribution < 1.29 is 9.90 Å². The molecule has 0 spiro atoms. The maximum absolute atomic E-state index is 12.5. The Morgan fingerprint density at radius 3 is 2.86 bits per heavy atom. The van der Waals surface area contributed by atoms with Gasteiger partial charge >= 0.3 is 0 Å². The predicted molar refractivity (Wildman–Crippen MR) is 84.4 cm³/mol. The van der Waals surface area contributed by atoms with Crippen LogP contribution in [0.4, 0.5) is 0 Å². The molecule has 3 rings (SSSR count). The van der Waals surface area contributed by atoms with E-state index in [1.807, 2.05) is 12.3 Å². The molecule has 0 aromatic carbocycles. The van der Waals surface area contributed by atoms with Crippen LogP contribution in [-0.2, 0) is 6.42 Å². The quantitative estimate of drug-likeness (QED) is 0.894. The van der Waals surface area contributed by atoms with Crippen LogP contribution in [0.5, 0.6) is 0 Å². The Balaban J connectivity index is 1.85. The average Bonchev–Trinajstić information content (AvgIpc) is 2.94. The number of carbonyl (C=O) groups is 1. The van der Waals surface area contributed by atoms with Gasteiger partial charge in [-0.15, -0.1) is 11.3 Å². The lowest BCUT2D eigenvalue weighted by Gasteiger charge is -2.26. The fourth-order valence-electron chi connectivity index (χ4n) is 2.83. The van der Waals surface area contributed by atoms with Gasteiger partial charge in [0, 0.05) is 23.3 Å². The third kappa shape index (κ3) is 2.78. The average molecular weight is 321 g/mol. The van der Waals surface area contributed by atoms with Crippen molar-refractivity contribution in [1.29, 1.82) is 0 Å². The molecule has 22 heavy (non-hydrogen) atoms. The van der Waals surface area contributed by atoms with E-state index in [2.05, 4.69) is 10.3 Å². The smallest absolute Gasteiger partial charge is 0.271 e.